The summed E-state index contributed by atoms with van der Waals surface area (Å²) in [6.45, 7) is 14.0. The molecule has 4 aromatic carbocycles. The van der Waals surface area contributed by atoms with E-state index in [9.17, 15) is 18.0 Å². The van der Waals surface area contributed by atoms with Crippen molar-refractivity contribution in [2.45, 2.75) is 84.5 Å². The molecule has 0 bridgehead atoms. The molecule has 2 aromatic heterocycles. The molecular formula is C48H53BrFN3O7S. The van der Waals surface area contributed by atoms with Gasteiger partial charge in [-0.3, -0.25) is 9.59 Å². The number of hydrogen-bond acceptors (Lipinski definition) is 8. The number of aromatic nitrogens is 3. The number of halogens is 2. The minimum absolute atomic E-state index is 0.0861. The fraction of sp³-hybridized carbons (Fsp3) is 0.354. The van der Waals surface area contributed by atoms with Crippen molar-refractivity contribution in [3.05, 3.63) is 130 Å². The van der Waals surface area contributed by atoms with E-state index in [-0.39, 0.29) is 43.9 Å². The first-order valence-electron chi connectivity index (χ1n) is 20.4. The molecule has 6 rings (SSSR count). The molecule has 6 aromatic rings. The Morgan fingerprint density at radius 1 is 0.951 bits per heavy atom. The summed E-state index contributed by atoms with van der Waals surface area (Å²) in [7, 11) is -2.07. The molecule has 0 amide bonds. The predicted octanol–water partition coefficient (Wildman–Crippen LogP) is 11.1. The summed E-state index contributed by atoms with van der Waals surface area (Å²) >= 11 is 3.50. The zero-order chi connectivity index (χ0) is 44.3. The molecule has 61 heavy (non-hydrogen) atoms. The number of benzene rings is 4. The molecule has 0 N–H and O–H groups in total. The number of carbonyl (C=O) groups is 2. The molecule has 0 saturated heterocycles. The minimum Gasteiger partial charge on any atom is -0.466 e. The van der Waals surface area contributed by atoms with E-state index in [0.717, 1.165) is 51.2 Å². The van der Waals surface area contributed by atoms with Gasteiger partial charge in [0.25, 0.3) is 10.0 Å². The molecule has 0 aliphatic rings. The highest BCUT2D eigenvalue weighted by Crippen LogP contribution is 2.42. The van der Waals surface area contributed by atoms with Crippen molar-refractivity contribution in [1.82, 2.24) is 13.5 Å². The second-order valence-electron chi connectivity index (χ2n) is 16.7. The molecule has 2 heterocycles. The van der Waals surface area contributed by atoms with Gasteiger partial charge < -0.3 is 18.8 Å². The third kappa shape index (κ3) is 10.1. The van der Waals surface area contributed by atoms with Crippen LogP contribution in [0.25, 0.3) is 22.3 Å². The van der Waals surface area contributed by atoms with Crippen LogP contribution in [0, 0.1) is 24.1 Å². The lowest BCUT2D eigenvalue weighted by atomic mass is 9.73. The molecule has 0 aliphatic carbocycles. The van der Waals surface area contributed by atoms with E-state index in [1.54, 1.807) is 37.3 Å². The molecular weight excluding hydrogens is 862 g/mol. The van der Waals surface area contributed by atoms with Crippen molar-refractivity contribution in [3.63, 3.8) is 0 Å². The fourth-order valence-electron chi connectivity index (χ4n) is 7.58. The van der Waals surface area contributed by atoms with Gasteiger partial charge in [-0.15, -0.1) is 0 Å². The Kier molecular flexibility index (Phi) is 13.6. The number of esters is 2. The van der Waals surface area contributed by atoms with Crippen molar-refractivity contribution >= 4 is 48.8 Å². The van der Waals surface area contributed by atoms with Gasteiger partial charge in [0.05, 0.1) is 39.7 Å². The van der Waals surface area contributed by atoms with Gasteiger partial charge in [-0.25, -0.2) is 21.8 Å². The Morgan fingerprint density at radius 2 is 1.67 bits per heavy atom. The zero-order valence-corrected chi connectivity index (χ0v) is 38.3. The van der Waals surface area contributed by atoms with E-state index in [1.807, 2.05) is 55.9 Å². The van der Waals surface area contributed by atoms with Crippen LogP contribution in [0.3, 0.4) is 0 Å². The van der Waals surface area contributed by atoms with Crippen molar-refractivity contribution in [1.29, 1.82) is 0 Å². The SMILES string of the molecule is CCOC(=O)C(C)Cc1cccc(C(C)(CCCC(C)(C)COC(C)=O)c2cn(C)c(-c3cccc(Oc4c(F)cc5c(ccn5S(=O)(=O)c5ccc(C)cc5)c4Br)c3)n2)c1. The summed E-state index contributed by atoms with van der Waals surface area (Å²) in [6, 6.07) is 24.8. The largest absolute Gasteiger partial charge is 0.466 e. The first kappa shape index (κ1) is 45.3. The molecule has 10 nitrogen and oxygen atoms in total. The summed E-state index contributed by atoms with van der Waals surface area (Å²) in [5, 5.41) is 0.463. The molecule has 2 unspecified atom stereocenters. The molecule has 0 saturated carbocycles. The maximum absolute atomic E-state index is 16.0. The minimum atomic E-state index is -3.99. The van der Waals surface area contributed by atoms with Crippen LogP contribution in [-0.4, -0.2) is 47.1 Å². The number of fused-ring (bicyclic) bond motifs is 1. The Hall–Kier alpha value is -5.27. The molecule has 322 valence electrons. The number of imidazole rings is 1. The quantitative estimate of drug-likeness (QED) is 0.0830. The third-order valence-corrected chi connectivity index (χ3v) is 13.6. The van der Waals surface area contributed by atoms with Gasteiger partial charge in [-0.1, -0.05) is 81.3 Å². The van der Waals surface area contributed by atoms with Crippen LogP contribution in [0.4, 0.5) is 4.39 Å². The number of nitrogens with zero attached hydrogens (tertiary/aromatic N) is 3. The second-order valence-corrected chi connectivity index (χ2v) is 19.4. The van der Waals surface area contributed by atoms with E-state index in [0.29, 0.717) is 36.6 Å². The van der Waals surface area contributed by atoms with Gasteiger partial charge in [0, 0.05) is 48.8 Å². The highest BCUT2D eigenvalue weighted by molar-refractivity contribution is 9.10. The van der Waals surface area contributed by atoms with Gasteiger partial charge >= 0.3 is 11.9 Å². The standard InChI is InChI=1S/C48H53BrFN3O7S/c1-9-58-46(55)32(3)25-34-13-10-15-36(26-34)48(7,23-12-22-47(5,6)30-59-33(4)54)42-29-52(8)45(51-42)35-14-11-16-37(27-35)60-44-40(50)28-41-39(43(44)49)21-24-53(41)61(56,57)38-19-17-31(2)18-20-38/h10-11,13-21,24,26-29,32H,9,12,22-23,25,30H2,1-8H3. The predicted molar refractivity (Wildman–Crippen MR) is 239 cm³/mol. The van der Waals surface area contributed by atoms with E-state index >= 15 is 4.39 Å². The Morgan fingerprint density at radius 3 is 2.38 bits per heavy atom. The average molecular weight is 915 g/mol. The number of rotatable bonds is 17. The molecule has 0 fully saturated rings. The van der Waals surface area contributed by atoms with E-state index in [4.69, 9.17) is 19.2 Å². The van der Waals surface area contributed by atoms with Gasteiger partial charge in [0.2, 0.25) is 0 Å². The molecule has 0 radical (unpaired) electrons. The van der Waals surface area contributed by atoms with E-state index in [1.165, 1.54) is 31.3 Å². The first-order chi connectivity index (χ1) is 28.8. The van der Waals surface area contributed by atoms with Crippen LogP contribution in [0.5, 0.6) is 11.5 Å². The Balaban J connectivity index is 1.31. The van der Waals surface area contributed by atoms with Crippen molar-refractivity contribution in [3.8, 4) is 22.9 Å². The second kappa shape index (κ2) is 18.4. The number of ether oxygens (including phenoxy) is 3. The fourth-order valence-corrected chi connectivity index (χ4v) is 9.53. The van der Waals surface area contributed by atoms with Gasteiger partial charge in [-0.2, -0.15) is 0 Å². The lowest BCUT2D eigenvalue weighted by Gasteiger charge is -2.31. The Labute approximate surface area is 366 Å². The lowest BCUT2D eigenvalue weighted by Crippen LogP contribution is -2.27. The van der Waals surface area contributed by atoms with Crippen molar-refractivity contribution < 1.29 is 36.6 Å². The lowest BCUT2D eigenvalue weighted by molar-refractivity contribution is -0.147. The number of hydrogen-bond donors (Lipinski definition) is 0. The summed E-state index contributed by atoms with van der Waals surface area (Å²) in [5.74, 6) is -0.646. The van der Waals surface area contributed by atoms with Crippen molar-refractivity contribution in [2.75, 3.05) is 13.2 Å². The number of aryl methyl sites for hydroxylation is 2. The van der Waals surface area contributed by atoms with Gasteiger partial charge in [-0.05, 0) is 103 Å². The van der Waals surface area contributed by atoms with E-state index < -0.39 is 21.3 Å². The van der Waals surface area contributed by atoms with Crippen LogP contribution in [-0.2, 0) is 48.0 Å². The van der Waals surface area contributed by atoms with Crippen LogP contribution in [0.15, 0.2) is 107 Å². The van der Waals surface area contributed by atoms with Crippen LogP contribution in [0.1, 0.15) is 83.2 Å². The molecule has 2 atom stereocenters. The summed E-state index contributed by atoms with van der Waals surface area (Å²) in [4.78, 5) is 29.5. The maximum Gasteiger partial charge on any atom is 0.308 e. The molecule has 13 heteroatoms. The van der Waals surface area contributed by atoms with Crippen LogP contribution >= 0.6 is 15.9 Å². The van der Waals surface area contributed by atoms with Crippen LogP contribution in [0.2, 0.25) is 0 Å². The highest BCUT2D eigenvalue weighted by atomic mass is 79.9. The van der Waals surface area contributed by atoms with Crippen LogP contribution < -0.4 is 4.74 Å². The monoisotopic (exact) mass is 913 g/mol. The average Bonchev–Trinajstić information content (AvgIpc) is 3.83. The maximum atomic E-state index is 16.0. The van der Waals surface area contributed by atoms with Gasteiger partial charge in [0.15, 0.2) is 11.6 Å². The normalized spacial score (nSPS) is 13.5. The zero-order valence-electron chi connectivity index (χ0n) is 35.9. The van der Waals surface area contributed by atoms with Gasteiger partial charge in [0.1, 0.15) is 11.6 Å². The highest BCUT2D eigenvalue weighted by Gasteiger charge is 2.34. The summed E-state index contributed by atoms with van der Waals surface area (Å²) in [6.07, 6.45) is 6.32. The summed E-state index contributed by atoms with van der Waals surface area (Å²) in [5.41, 5.74) is 3.94. The number of carbonyl (C=O) groups excluding carboxylic acids is 2. The molecule has 0 spiro atoms. The summed E-state index contributed by atoms with van der Waals surface area (Å²) < 4.78 is 63.2. The third-order valence-electron chi connectivity index (χ3n) is 11.1. The smallest absolute Gasteiger partial charge is 0.308 e. The van der Waals surface area contributed by atoms with Crippen molar-refractivity contribution in [2.24, 2.45) is 18.4 Å². The van der Waals surface area contributed by atoms with E-state index in [2.05, 4.69) is 48.8 Å². The first-order valence-corrected chi connectivity index (χ1v) is 22.6. The Bertz CT molecular complexity index is 2670. The molecule has 0 aliphatic heterocycles. The topological polar surface area (TPSA) is 119 Å².